The van der Waals surface area contributed by atoms with Crippen LogP contribution >= 0.6 is 0 Å². The maximum Gasteiger partial charge on any atom is 0.338 e. The van der Waals surface area contributed by atoms with E-state index < -0.39 is 5.60 Å². The average molecular weight is 456 g/mol. The first-order chi connectivity index (χ1) is 16.6. The summed E-state index contributed by atoms with van der Waals surface area (Å²) in [5.74, 6) is 1.08. The van der Waals surface area contributed by atoms with Gasteiger partial charge in [-0.3, -0.25) is 0 Å². The second kappa shape index (κ2) is 8.31. The van der Waals surface area contributed by atoms with Gasteiger partial charge in [0.2, 0.25) is 0 Å². The van der Waals surface area contributed by atoms with E-state index in [1.807, 2.05) is 60.7 Å². The van der Waals surface area contributed by atoms with Gasteiger partial charge < -0.3 is 23.7 Å². The second-order valence-corrected chi connectivity index (χ2v) is 8.85. The van der Waals surface area contributed by atoms with Gasteiger partial charge in [-0.1, -0.05) is 18.2 Å². The van der Waals surface area contributed by atoms with Crippen molar-refractivity contribution in [3.05, 3.63) is 89.2 Å². The van der Waals surface area contributed by atoms with Gasteiger partial charge in [-0.15, -0.1) is 0 Å². The number of fused-ring (bicyclic) bond motifs is 2. The Hall–Kier alpha value is -3.61. The average Bonchev–Trinajstić information content (AvgIpc) is 3.52. The van der Waals surface area contributed by atoms with E-state index in [4.69, 9.17) is 18.6 Å². The van der Waals surface area contributed by atoms with E-state index >= 15 is 0 Å². The topological polar surface area (TPSA) is 78.1 Å². The maximum atomic E-state index is 12.3. The van der Waals surface area contributed by atoms with E-state index in [9.17, 15) is 9.90 Å². The number of hydrogen-bond acceptors (Lipinski definition) is 6. The van der Waals surface area contributed by atoms with Gasteiger partial charge in [0, 0.05) is 37.2 Å². The smallest absolute Gasteiger partial charge is 0.338 e. The maximum absolute atomic E-state index is 12.3. The highest BCUT2D eigenvalue weighted by molar-refractivity contribution is 6.06. The molecule has 0 saturated carbocycles. The molecule has 34 heavy (non-hydrogen) atoms. The fourth-order valence-electron chi connectivity index (χ4n) is 4.88. The van der Waals surface area contributed by atoms with E-state index in [0.29, 0.717) is 49.7 Å². The Kier molecular flexibility index (Phi) is 5.12. The first-order valence-corrected chi connectivity index (χ1v) is 11.4. The largest absolute Gasteiger partial charge is 0.489 e. The lowest BCUT2D eigenvalue weighted by molar-refractivity contribution is -0.0679. The van der Waals surface area contributed by atoms with Crippen molar-refractivity contribution < 1.29 is 28.5 Å². The summed E-state index contributed by atoms with van der Waals surface area (Å²) in [6.45, 7) is 1.73. The second-order valence-electron chi connectivity index (χ2n) is 8.85. The van der Waals surface area contributed by atoms with Crippen molar-refractivity contribution in [3.63, 3.8) is 0 Å². The van der Waals surface area contributed by atoms with Crippen molar-refractivity contribution in [2.24, 2.45) is 0 Å². The molecule has 2 aliphatic heterocycles. The summed E-state index contributed by atoms with van der Waals surface area (Å²) >= 11 is 0. The van der Waals surface area contributed by atoms with Crippen molar-refractivity contribution in [2.75, 3.05) is 13.2 Å². The molecule has 6 rings (SSSR count). The summed E-state index contributed by atoms with van der Waals surface area (Å²) in [6, 6.07) is 19.3. The van der Waals surface area contributed by atoms with Crippen LogP contribution in [0.5, 0.6) is 5.75 Å². The number of cyclic esters (lactones) is 1. The molecule has 4 aromatic rings. The number of rotatable bonds is 5. The lowest BCUT2D eigenvalue weighted by Gasteiger charge is -2.32. The van der Waals surface area contributed by atoms with Crippen molar-refractivity contribution in [3.8, 4) is 17.1 Å². The molecule has 1 saturated heterocycles. The van der Waals surface area contributed by atoms with Gasteiger partial charge in [-0.2, -0.15) is 0 Å². The molecule has 6 heteroatoms. The molecule has 0 amide bonds. The van der Waals surface area contributed by atoms with Crippen molar-refractivity contribution in [1.29, 1.82) is 0 Å². The minimum atomic E-state index is -0.853. The van der Waals surface area contributed by atoms with E-state index in [1.54, 1.807) is 6.26 Å². The number of benzene rings is 3. The van der Waals surface area contributed by atoms with Gasteiger partial charge in [0.05, 0.1) is 17.4 Å². The van der Waals surface area contributed by atoms with Gasteiger partial charge in [0.25, 0.3) is 0 Å². The third-order valence-corrected chi connectivity index (χ3v) is 6.74. The molecule has 0 radical (unpaired) electrons. The highest BCUT2D eigenvalue weighted by Crippen LogP contribution is 2.39. The zero-order valence-electron chi connectivity index (χ0n) is 18.6. The summed E-state index contributed by atoms with van der Waals surface area (Å²) in [5, 5.41) is 12.9. The van der Waals surface area contributed by atoms with Gasteiger partial charge in [-0.05, 0) is 64.4 Å². The predicted molar refractivity (Wildman–Crippen MR) is 125 cm³/mol. The number of esters is 1. The van der Waals surface area contributed by atoms with Crippen LogP contribution in [-0.2, 0) is 28.3 Å². The summed E-state index contributed by atoms with van der Waals surface area (Å²) in [7, 11) is 0. The van der Waals surface area contributed by atoms with E-state index in [-0.39, 0.29) is 12.6 Å². The molecule has 1 fully saturated rings. The molecule has 0 atom stereocenters. The number of carbonyl (C=O) groups excluding carboxylic acids is 1. The van der Waals surface area contributed by atoms with Crippen LogP contribution in [0.3, 0.4) is 0 Å². The Morgan fingerprint density at radius 1 is 1.00 bits per heavy atom. The zero-order chi connectivity index (χ0) is 23.1. The first kappa shape index (κ1) is 21.0. The SMILES string of the molecule is O=C1OCc2c1cc1cc(OCc3cccc(C4(O)CCOCC4)c3)ccc1c2-c1ccco1. The van der Waals surface area contributed by atoms with Crippen LogP contribution in [0, 0.1) is 0 Å². The van der Waals surface area contributed by atoms with Gasteiger partial charge in [0.1, 0.15) is 24.7 Å². The Morgan fingerprint density at radius 2 is 1.88 bits per heavy atom. The van der Waals surface area contributed by atoms with E-state index in [0.717, 1.165) is 33.0 Å². The van der Waals surface area contributed by atoms with Crippen LogP contribution in [0.25, 0.3) is 22.1 Å². The first-order valence-electron chi connectivity index (χ1n) is 11.4. The molecule has 0 unspecified atom stereocenters. The molecule has 0 bridgehead atoms. The van der Waals surface area contributed by atoms with Crippen LogP contribution in [0.15, 0.2) is 71.3 Å². The number of carbonyl (C=O) groups is 1. The summed E-state index contributed by atoms with van der Waals surface area (Å²) in [5.41, 5.74) is 3.32. The monoisotopic (exact) mass is 456 g/mol. The van der Waals surface area contributed by atoms with Gasteiger partial charge in [0.15, 0.2) is 0 Å². The van der Waals surface area contributed by atoms with Crippen molar-refractivity contribution in [1.82, 2.24) is 0 Å². The third-order valence-electron chi connectivity index (χ3n) is 6.74. The molecule has 2 aliphatic rings. The predicted octanol–water partition coefficient (Wildman–Crippen LogP) is 5.35. The minimum Gasteiger partial charge on any atom is -0.489 e. The lowest BCUT2D eigenvalue weighted by atomic mass is 9.86. The summed E-state index contributed by atoms with van der Waals surface area (Å²) in [6.07, 6.45) is 2.81. The Bertz CT molecular complexity index is 1370. The highest BCUT2D eigenvalue weighted by atomic mass is 16.5. The standard InChI is InChI=1S/C28H24O6/c29-27-23-15-19-14-21(6-7-22(19)26(24(23)17-34-27)25-5-2-10-32-25)33-16-18-3-1-4-20(13-18)28(30)8-11-31-12-9-28/h1-7,10,13-15,30H,8-9,11-12,16-17H2. The molecule has 172 valence electrons. The molecule has 3 aromatic carbocycles. The van der Waals surface area contributed by atoms with Crippen LogP contribution in [0.1, 0.15) is 39.9 Å². The minimum absolute atomic E-state index is 0.243. The van der Waals surface area contributed by atoms with Crippen LogP contribution in [0.2, 0.25) is 0 Å². The van der Waals surface area contributed by atoms with Crippen LogP contribution in [-0.4, -0.2) is 24.3 Å². The van der Waals surface area contributed by atoms with Gasteiger partial charge >= 0.3 is 5.97 Å². The number of ether oxygens (including phenoxy) is 3. The zero-order valence-corrected chi connectivity index (χ0v) is 18.6. The summed E-state index contributed by atoms with van der Waals surface area (Å²) in [4.78, 5) is 12.3. The van der Waals surface area contributed by atoms with Crippen LogP contribution < -0.4 is 4.74 Å². The normalized spacial score (nSPS) is 16.9. The van der Waals surface area contributed by atoms with E-state index in [1.165, 1.54) is 0 Å². The molecule has 1 aromatic heterocycles. The van der Waals surface area contributed by atoms with Crippen LogP contribution in [0.4, 0.5) is 0 Å². The number of furan rings is 1. The van der Waals surface area contributed by atoms with E-state index in [2.05, 4.69) is 0 Å². The Balaban J connectivity index is 1.30. The van der Waals surface area contributed by atoms with Crippen molar-refractivity contribution in [2.45, 2.75) is 31.7 Å². The fourth-order valence-corrected chi connectivity index (χ4v) is 4.88. The lowest BCUT2D eigenvalue weighted by Crippen LogP contribution is -2.33. The van der Waals surface area contributed by atoms with Gasteiger partial charge in [-0.25, -0.2) is 4.79 Å². The molecule has 0 aliphatic carbocycles. The Morgan fingerprint density at radius 3 is 2.71 bits per heavy atom. The number of hydrogen-bond donors (Lipinski definition) is 1. The number of aliphatic hydroxyl groups is 1. The highest BCUT2D eigenvalue weighted by Gasteiger charge is 2.32. The molecular formula is C28H24O6. The molecular weight excluding hydrogens is 432 g/mol. The Labute approximate surface area is 196 Å². The third kappa shape index (κ3) is 3.65. The molecule has 1 N–H and O–H groups in total. The van der Waals surface area contributed by atoms with Crippen molar-refractivity contribution >= 4 is 16.7 Å². The molecule has 3 heterocycles. The quantitative estimate of drug-likeness (QED) is 0.408. The molecule has 6 nitrogen and oxygen atoms in total. The fraction of sp³-hybridized carbons (Fsp3) is 0.250. The molecule has 0 spiro atoms. The summed E-state index contributed by atoms with van der Waals surface area (Å²) < 4.78 is 22.5.